The van der Waals surface area contributed by atoms with Crippen LogP contribution in [0.4, 0.5) is 5.88 Å². The van der Waals surface area contributed by atoms with Crippen LogP contribution in [0.25, 0.3) is 0 Å². The van der Waals surface area contributed by atoms with Crippen LogP contribution in [0.2, 0.25) is 0 Å². The number of anilines is 1. The number of hydrogen-bond donors (Lipinski definition) is 1. The average molecular weight is 128 g/mol. The summed E-state index contributed by atoms with van der Waals surface area (Å²) in [7, 11) is 3.29. The second kappa shape index (κ2) is 2.39. The standard InChI is InChI=1S/C5H8N2O2/c1-6-4-3-5(8-2)7-9-4/h3,6H,1-2H3. The molecule has 0 radical (unpaired) electrons. The summed E-state index contributed by atoms with van der Waals surface area (Å²) < 4.78 is 9.47. The van der Waals surface area contributed by atoms with E-state index in [2.05, 4.69) is 10.5 Å². The lowest BCUT2D eigenvalue weighted by Crippen LogP contribution is -1.82. The van der Waals surface area contributed by atoms with Crippen LogP contribution in [0.1, 0.15) is 0 Å². The van der Waals surface area contributed by atoms with Crippen LogP contribution < -0.4 is 10.1 Å². The van der Waals surface area contributed by atoms with Crippen molar-refractivity contribution in [2.75, 3.05) is 19.5 Å². The predicted octanol–water partition coefficient (Wildman–Crippen LogP) is 0.725. The Morgan fingerprint density at radius 1 is 1.78 bits per heavy atom. The number of rotatable bonds is 2. The zero-order valence-electron chi connectivity index (χ0n) is 5.34. The van der Waals surface area contributed by atoms with Gasteiger partial charge in [-0.15, -0.1) is 0 Å². The van der Waals surface area contributed by atoms with Crippen molar-refractivity contribution in [3.63, 3.8) is 0 Å². The minimum Gasteiger partial charge on any atom is -0.479 e. The maximum absolute atomic E-state index is 4.75. The lowest BCUT2D eigenvalue weighted by molar-refractivity contribution is 0.343. The van der Waals surface area contributed by atoms with E-state index in [9.17, 15) is 0 Å². The Labute approximate surface area is 52.8 Å². The second-order valence-corrected chi connectivity index (χ2v) is 1.48. The van der Waals surface area contributed by atoms with Crippen molar-refractivity contribution >= 4 is 5.88 Å². The maximum Gasteiger partial charge on any atom is 0.256 e. The Hall–Kier alpha value is -1.19. The first-order valence-corrected chi connectivity index (χ1v) is 2.55. The van der Waals surface area contributed by atoms with Gasteiger partial charge in [-0.1, -0.05) is 0 Å². The predicted molar refractivity (Wildman–Crippen MR) is 32.6 cm³/mol. The topological polar surface area (TPSA) is 47.3 Å². The molecule has 0 saturated carbocycles. The molecule has 0 bridgehead atoms. The first kappa shape index (κ1) is 5.94. The molecule has 0 atom stereocenters. The maximum atomic E-state index is 4.75. The molecule has 0 amide bonds. The van der Waals surface area contributed by atoms with Gasteiger partial charge in [-0.3, -0.25) is 0 Å². The molecule has 0 aromatic carbocycles. The molecule has 0 unspecified atom stereocenters. The minimum atomic E-state index is 0.486. The van der Waals surface area contributed by atoms with Crippen LogP contribution >= 0.6 is 0 Å². The molecular formula is C5H8N2O2. The third-order valence-corrected chi connectivity index (χ3v) is 0.944. The van der Waals surface area contributed by atoms with E-state index >= 15 is 0 Å². The fraction of sp³-hybridized carbons (Fsp3) is 0.400. The Bertz CT molecular complexity index is 166. The molecule has 0 aliphatic rings. The van der Waals surface area contributed by atoms with Crippen LogP contribution in [0, 0.1) is 0 Å². The molecule has 1 rings (SSSR count). The van der Waals surface area contributed by atoms with Crippen LogP contribution in [0.3, 0.4) is 0 Å². The van der Waals surface area contributed by atoms with Gasteiger partial charge in [-0.05, 0) is 5.16 Å². The molecule has 0 aliphatic heterocycles. The minimum absolute atomic E-state index is 0.486. The SMILES string of the molecule is CNc1cc(OC)no1. The number of methoxy groups -OCH3 is 1. The van der Waals surface area contributed by atoms with Gasteiger partial charge < -0.3 is 14.6 Å². The van der Waals surface area contributed by atoms with Gasteiger partial charge in [-0.25, -0.2) is 0 Å². The first-order chi connectivity index (χ1) is 4.36. The molecule has 1 aromatic heterocycles. The zero-order valence-corrected chi connectivity index (χ0v) is 5.34. The molecular weight excluding hydrogens is 120 g/mol. The number of hydrogen-bond acceptors (Lipinski definition) is 4. The van der Waals surface area contributed by atoms with Crippen molar-refractivity contribution in [1.82, 2.24) is 5.16 Å². The van der Waals surface area contributed by atoms with Crippen molar-refractivity contribution in [1.29, 1.82) is 0 Å². The van der Waals surface area contributed by atoms with Crippen LogP contribution in [0.15, 0.2) is 10.6 Å². The van der Waals surface area contributed by atoms with Gasteiger partial charge in [0.1, 0.15) is 0 Å². The number of nitrogens with zero attached hydrogens (tertiary/aromatic N) is 1. The van der Waals surface area contributed by atoms with E-state index in [-0.39, 0.29) is 0 Å². The molecule has 0 aliphatic carbocycles. The van der Waals surface area contributed by atoms with Crippen LogP contribution in [0.5, 0.6) is 5.88 Å². The number of aromatic nitrogens is 1. The van der Waals surface area contributed by atoms with Crippen molar-refractivity contribution in [2.24, 2.45) is 0 Å². The van der Waals surface area contributed by atoms with Gasteiger partial charge in [0.25, 0.3) is 5.88 Å². The van der Waals surface area contributed by atoms with Crippen molar-refractivity contribution < 1.29 is 9.26 Å². The molecule has 9 heavy (non-hydrogen) atoms. The highest BCUT2D eigenvalue weighted by molar-refractivity contribution is 5.32. The van der Waals surface area contributed by atoms with E-state index in [1.807, 2.05) is 0 Å². The number of ether oxygens (including phenoxy) is 1. The lowest BCUT2D eigenvalue weighted by Gasteiger charge is -1.84. The Morgan fingerprint density at radius 2 is 2.56 bits per heavy atom. The molecule has 1 aromatic rings. The van der Waals surface area contributed by atoms with Crippen molar-refractivity contribution in [2.45, 2.75) is 0 Å². The van der Waals surface area contributed by atoms with E-state index in [1.165, 1.54) is 7.11 Å². The Kier molecular flexibility index (Phi) is 1.58. The average Bonchev–Trinajstić information content (AvgIpc) is 2.34. The summed E-state index contributed by atoms with van der Waals surface area (Å²) in [5.74, 6) is 1.09. The zero-order chi connectivity index (χ0) is 6.69. The highest BCUT2D eigenvalue weighted by Gasteiger charge is 1.98. The largest absolute Gasteiger partial charge is 0.479 e. The molecule has 1 heterocycles. The number of nitrogens with one attached hydrogen (secondary N) is 1. The molecule has 0 spiro atoms. The van der Waals surface area contributed by atoms with Crippen molar-refractivity contribution in [3.8, 4) is 5.88 Å². The van der Waals surface area contributed by atoms with Gasteiger partial charge in [0.15, 0.2) is 0 Å². The summed E-state index contributed by atoms with van der Waals surface area (Å²) in [4.78, 5) is 0. The van der Waals surface area contributed by atoms with Crippen molar-refractivity contribution in [3.05, 3.63) is 6.07 Å². The lowest BCUT2D eigenvalue weighted by atomic mass is 10.6. The van der Waals surface area contributed by atoms with E-state index in [0.717, 1.165) is 0 Å². The molecule has 4 heteroatoms. The quantitative estimate of drug-likeness (QED) is 0.637. The molecule has 1 N–H and O–H groups in total. The highest BCUT2D eigenvalue weighted by atomic mass is 16.5. The molecule has 0 fully saturated rings. The van der Waals surface area contributed by atoms with Crippen LogP contribution in [-0.4, -0.2) is 19.3 Å². The third kappa shape index (κ3) is 1.13. The van der Waals surface area contributed by atoms with E-state index in [1.54, 1.807) is 13.1 Å². The monoisotopic (exact) mass is 128 g/mol. The van der Waals surface area contributed by atoms with E-state index in [0.29, 0.717) is 11.8 Å². The summed E-state index contributed by atoms with van der Waals surface area (Å²) in [6, 6.07) is 1.67. The Morgan fingerprint density at radius 3 is 2.89 bits per heavy atom. The smallest absolute Gasteiger partial charge is 0.256 e. The Balaban J connectivity index is 2.74. The summed E-state index contributed by atoms with van der Waals surface area (Å²) in [6.45, 7) is 0. The summed E-state index contributed by atoms with van der Waals surface area (Å²) >= 11 is 0. The van der Waals surface area contributed by atoms with Gasteiger partial charge in [-0.2, -0.15) is 0 Å². The molecule has 4 nitrogen and oxygen atoms in total. The fourth-order valence-electron chi connectivity index (χ4n) is 0.473. The first-order valence-electron chi connectivity index (χ1n) is 2.55. The van der Waals surface area contributed by atoms with Gasteiger partial charge >= 0.3 is 0 Å². The molecule has 0 saturated heterocycles. The second-order valence-electron chi connectivity index (χ2n) is 1.48. The normalized spacial score (nSPS) is 9.11. The third-order valence-electron chi connectivity index (χ3n) is 0.944. The van der Waals surface area contributed by atoms with E-state index in [4.69, 9.17) is 9.26 Å². The van der Waals surface area contributed by atoms with Gasteiger partial charge in [0.05, 0.1) is 13.2 Å². The summed E-state index contributed by atoms with van der Waals surface area (Å²) in [5, 5.41) is 6.32. The summed E-state index contributed by atoms with van der Waals surface area (Å²) in [5.41, 5.74) is 0. The van der Waals surface area contributed by atoms with Gasteiger partial charge in [0.2, 0.25) is 5.88 Å². The fourth-order valence-corrected chi connectivity index (χ4v) is 0.473. The van der Waals surface area contributed by atoms with E-state index < -0.39 is 0 Å². The summed E-state index contributed by atoms with van der Waals surface area (Å²) in [6.07, 6.45) is 0. The highest BCUT2D eigenvalue weighted by Crippen LogP contribution is 2.13. The van der Waals surface area contributed by atoms with Crippen LogP contribution in [-0.2, 0) is 0 Å². The molecule has 50 valence electrons. The van der Waals surface area contributed by atoms with Gasteiger partial charge in [0, 0.05) is 7.05 Å².